The van der Waals surface area contributed by atoms with E-state index in [1.54, 1.807) is 45.0 Å². The third-order valence-electron chi connectivity index (χ3n) is 6.12. The Balaban J connectivity index is 1.82. The minimum Gasteiger partial charge on any atom is -0.493 e. The quantitative estimate of drug-likeness (QED) is 0.416. The number of nitrogens with one attached hydrogen (secondary N) is 1. The normalized spacial score (nSPS) is 14.1. The molecular formula is C26H27N3O7. The number of hydrogen-bond donors (Lipinski definition) is 1. The van der Waals surface area contributed by atoms with Crippen molar-refractivity contribution >= 4 is 23.7 Å². The number of benzene rings is 2. The van der Waals surface area contributed by atoms with Gasteiger partial charge in [0.1, 0.15) is 5.54 Å². The van der Waals surface area contributed by atoms with Crippen LogP contribution in [0.3, 0.4) is 0 Å². The summed E-state index contributed by atoms with van der Waals surface area (Å²) in [5.41, 5.74) is -0.174. The lowest BCUT2D eigenvalue weighted by Crippen LogP contribution is -2.50. The molecule has 10 nitrogen and oxygen atoms in total. The van der Waals surface area contributed by atoms with Gasteiger partial charge in [-0.25, -0.2) is 4.79 Å². The molecule has 0 saturated heterocycles. The van der Waals surface area contributed by atoms with E-state index in [-0.39, 0.29) is 29.5 Å². The summed E-state index contributed by atoms with van der Waals surface area (Å²) < 4.78 is 15.9. The molecule has 36 heavy (non-hydrogen) atoms. The lowest BCUT2D eigenvalue weighted by Gasteiger charge is -2.27. The Kier molecular flexibility index (Phi) is 7.63. The predicted octanol–water partition coefficient (Wildman–Crippen LogP) is 2.71. The minimum absolute atomic E-state index is 0.0268. The van der Waals surface area contributed by atoms with E-state index in [1.807, 2.05) is 6.07 Å². The van der Waals surface area contributed by atoms with Gasteiger partial charge in [0.25, 0.3) is 17.7 Å². The van der Waals surface area contributed by atoms with Gasteiger partial charge in [-0.2, -0.15) is 5.26 Å². The highest BCUT2D eigenvalue weighted by Crippen LogP contribution is 2.35. The van der Waals surface area contributed by atoms with E-state index >= 15 is 0 Å². The van der Waals surface area contributed by atoms with Gasteiger partial charge in [-0.15, -0.1) is 0 Å². The number of rotatable bonds is 9. The summed E-state index contributed by atoms with van der Waals surface area (Å²) >= 11 is 0. The molecule has 10 heteroatoms. The summed E-state index contributed by atoms with van der Waals surface area (Å²) in [5, 5.41) is 11.9. The number of carbonyl (C=O) groups is 4. The van der Waals surface area contributed by atoms with Crippen molar-refractivity contribution in [3.63, 3.8) is 0 Å². The monoisotopic (exact) mass is 493 g/mol. The van der Waals surface area contributed by atoms with Crippen molar-refractivity contribution in [3.8, 4) is 17.6 Å². The smallest absolute Gasteiger partial charge is 0.338 e. The lowest BCUT2D eigenvalue weighted by atomic mass is 9.90. The highest BCUT2D eigenvalue weighted by atomic mass is 16.5. The fourth-order valence-electron chi connectivity index (χ4n) is 3.67. The first-order valence-electron chi connectivity index (χ1n) is 11.2. The zero-order chi connectivity index (χ0) is 26.6. The number of esters is 1. The minimum atomic E-state index is -1.12. The van der Waals surface area contributed by atoms with Gasteiger partial charge in [-0.3, -0.25) is 19.3 Å². The van der Waals surface area contributed by atoms with Crippen molar-refractivity contribution in [1.29, 1.82) is 5.26 Å². The Bertz CT molecular complexity index is 1230. The van der Waals surface area contributed by atoms with E-state index < -0.39 is 35.8 Å². The molecule has 2 aromatic rings. The number of imide groups is 1. The van der Waals surface area contributed by atoms with Gasteiger partial charge in [-0.05, 0) is 37.1 Å². The van der Waals surface area contributed by atoms with Crippen molar-refractivity contribution in [3.05, 3.63) is 58.7 Å². The molecule has 3 amide bonds. The molecule has 0 saturated carbocycles. The molecule has 0 unspecified atom stereocenters. The Morgan fingerprint density at radius 2 is 1.69 bits per heavy atom. The highest BCUT2D eigenvalue weighted by molar-refractivity contribution is 6.21. The first-order valence-corrected chi connectivity index (χ1v) is 11.2. The Labute approximate surface area is 208 Å². The molecule has 1 aliphatic heterocycles. The lowest BCUT2D eigenvalue weighted by molar-refractivity contribution is -0.125. The third kappa shape index (κ3) is 5.00. The zero-order valence-electron chi connectivity index (χ0n) is 20.7. The molecule has 188 valence electrons. The van der Waals surface area contributed by atoms with Crippen LogP contribution in [-0.4, -0.2) is 55.0 Å². The van der Waals surface area contributed by atoms with Crippen LogP contribution in [0, 0.1) is 17.2 Å². The summed E-state index contributed by atoms with van der Waals surface area (Å²) in [4.78, 5) is 51.8. The Morgan fingerprint density at radius 3 is 2.19 bits per heavy atom. The fraction of sp³-hybridized carbons (Fsp3) is 0.346. The van der Waals surface area contributed by atoms with Crippen LogP contribution in [0.4, 0.5) is 0 Å². The number of hydrogen-bond acceptors (Lipinski definition) is 8. The fourth-order valence-corrected chi connectivity index (χ4v) is 3.67. The maximum atomic E-state index is 12.8. The number of carbonyl (C=O) groups excluding carboxylic acids is 4. The zero-order valence-corrected chi connectivity index (χ0v) is 20.7. The molecule has 1 heterocycles. The topological polar surface area (TPSA) is 135 Å². The van der Waals surface area contributed by atoms with Crippen molar-refractivity contribution < 1.29 is 33.4 Å². The van der Waals surface area contributed by atoms with Gasteiger partial charge in [0, 0.05) is 5.56 Å². The summed E-state index contributed by atoms with van der Waals surface area (Å²) in [6.07, 6.45) is 0. The second-order valence-corrected chi connectivity index (χ2v) is 8.71. The van der Waals surface area contributed by atoms with Crippen molar-refractivity contribution in [2.24, 2.45) is 5.92 Å². The highest BCUT2D eigenvalue weighted by Gasteiger charge is 2.36. The second kappa shape index (κ2) is 10.5. The van der Waals surface area contributed by atoms with Crippen LogP contribution < -0.4 is 14.8 Å². The van der Waals surface area contributed by atoms with Crippen LogP contribution in [0.25, 0.3) is 0 Å². The van der Waals surface area contributed by atoms with E-state index in [4.69, 9.17) is 14.2 Å². The van der Waals surface area contributed by atoms with Crippen molar-refractivity contribution in [1.82, 2.24) is 10.2 Å². The van der Waals surface area contributed by atoms with Gasteiger partial charge >= 0.3 is 5.97 Å². The molecule has 0 bridgehead atoms. The van der Waals surface area contributed by atoms with Crippen LogP contribution in [0.15, 0.2) is 36.4 Å². The van der Waals surface area contributed by atoms with Crippen LogP contribution in [0.1, 0.15) is 57.4 Å². The Hall–Kier alpha value is -4.39. The molecule has 2 aromatic carbocycles. The van der Waals surface area contributed by atoms with Crippen molar-refractivity contribution in [2.45, 2.75) is 32.9 Å². The average Bonchev–Trinajstić information content (AvgIpc) is 3.11. The maximum Gasteiger partial charge on any atom is 0.338 e. The van der Waals surface area contributed by atoms with Gasteiger partial charge in [0.05, 0.1) is 43.5 Å². The molecule has 3 rings (SSSR count). The first kappa shape index (κ1) is 26.2. The number of nitriles is 1. The second-order valence-electron chi connectivity index (χ2n) is 8.71. The summed E-state index contributed by atoms with van der Waals surface area (Å²) in [7, 11) is 2.77. The summed E-state index contributed by atoms with van der Waals surface area (Å²) in [5.74, 6) is -2.15. The van der Waals surface area contributed by atoms with E-state index in [0.717, 1.165) is 4.90 Å². The molecule has 0 fully saturated rings. The molecule has 1 aliphatic rings. The molecule has 0 spiro atoms. The largest absolute Gasteiger partial charge is 0.493 e. The number of nitrogens with zero attached hydrogens (tertiary/aromatic N) is 2. The van der Waals surface area contributed by atoms with Crippen LogP contribution in [0.5, 0.6) is 11.5 Å². The predicted molar refractivity (Wildman–Crippen MR) is 127 cm³/mol. The SMILES string of the molecule is COc1cc(C(=O)OCC(=O)N[C@](C)(C#N)C(C)C)cc(CN2C(=O)c3ccccc3C2=O)c1OC. The molecule has 0 aliphatic carbocycles. The van der Waals surface area contributed by atoms with Crippen LogP contribution >= 0.6 is 0 Å². The maximum absolute atomic E-state index is 12.8. The first-order chi connectivity index (χ1) is 17.1. The number of methoxy groups -OCH3 is 2. The molecule has 1 atom stereocenters. The average molecular weight is 494 g/mol. The Morgan fingerprint density at radius 1 is 1.08 bits per heavy atom. The third-order valence-corrected chi connectivity index (χ3v) is 6.12. The van der Waals surface area contributed by atoms with Gasteiger partial charge < -0.3 is 19.5 Å². The van der Waals surface area contributed by atoms with E-state index in [9.17, 15) is 24.4 Å². The summed E-state index contributed by atoms with van der Waals surface area (Å²) in [6.45, 7) is 4.37. The molecule has 0 aromatic heterocycles. The van der Waals surface area contributed by atoms with Crippen LogP contribution in [-0.2, 0) is 16.1 Å². The number of fused-ring (bicyclic) bond motifs is 1. The molecule has 1 N–H and O–H groups in total. The summed E-state index contributed by atoms with van der Waals surface area (Å²) in [6, 6.07) is 11.3. The van der Waals surface area contributed by atoms with Gasteiger partial charge in [-0.1, -0.05) is 26.0 Å². The molecule has 0 radical (unpaired) electrons. The standard InChI is InChI=1S/C26H27N3O7/c1-15(2)26(3,14-27)28-21(30)13-36-25(33)16-10-17(22(35-5)20(11-16)34-4)12-29-23(31)18-8-6-7-9-19(18)24(29)32/h6-11,15H,12-13H2,1-5H3,(H,28,30)/t26-/m1/s1. The van der Waals surface area contributed by atoms with Gasteiger partial charge in [0.2, 0.25) is 0 Å². The van der Waals surface area contributed by atoms with E-state index in [0.29, 0.717) is 16.7 Å². The van der Waals surface area contributed by atoms with Crippen LogP contribution in [0.2, 0.25) is 0 Å². The number of ether oxygens (including phenoxy) is 3. The number of amides is 3. The van der Waals surface area contributed by atoms with Gasteiger partial charge in [0.15, 0.2) is 18.1 Å². The molecular weight excluding hydrogens is 466 g/mol. The van der Waals surface area contributed by atoms with Crippen molar-refractivity contribution in [2.75, 3.05) is 20.8 Å². The van der Waals surface area contributed by atoms with E-state index in [1.165, 1.54) is 26.4 Å². The van der Waals surface area contributed by atoms with E-state index in [2.05, 4.69) is 5.32 Å².